The van der Waals surface area contributed by atoms with Crippen molar-refractivity contribution in [1.82, 2.24) is 0 Å². The zero-order chi connectivity index (χ0) is 51.3. The molecule has 0 amide bonds. The molecular weight excluding hydrogens is 894 g/mol. The van der Waals surface area contributed by atoms with Crippen LogP contribution in [0.4, 0.5) is 0 Å². The second-order valence-corrected chi connectivity index (χ2v) is 23.9. The lowest BCUT2D eigenvalue weighted by atomic mass is 10.0. The first-order valence-electron chi connectivity index (χ1n) is 30.7. The van der Waals surface area contributed by atoms with Gasteiger partial charge >= 0.3 is 11.9 Å². The molecule has 0 aromatic heterocycles. The van der Waals surface area contributed by atoms with Gasteiger partial charge < -0.3 is 27.9 Å². The van der Waals surface area contributed by atoms with Crippen LogP contribution in [0.5, 0.6) is 0 Å². The van der Waals surface area contributed by atoms with Crippen molar-refractivity contribution in [2.75, 3.05) is 47.5 Å². The number of rotatable bonds is 58. The van der Waals surface area contributed by atoms with E-state index in [2.05, 4.69) is 13.8 Å². The predicted molar refractivity (Wildman–Crippen MR) is 296 cm³/mol. The van der Waals surface area contributed by atoms with E-state index in [0.29, 0.717) is 17.4 Å². The Bertz CT molecular complexity index is 1150. The minimum Gasteiger partial charge on any atom is -0.756 e. The van der Waals surface area contributed by atoms with Crippen molar-refractivity contribution in [3.8, 4) is 0 Å². The summed E-state index contributed by atoms with van der Waals surface area (Å²) in [6, 6.07) is 0. The third-order valence-electron chi connectivity index (χ3n) is 14.1. The molecule has 0 rings (SSSR count). The van der Waals surface area contributed by atoms with Gasteiger partial charge in [-0.3, -0.25) is 14.2 Å². The van der Waals surface area contributed by atoms with Gasteiger partial charge in [-0.25, -0.2) is 0 Å². The van der Waals surface area contributed by atoms with Gasteiger partial charge in [-0.15, -0.1) is 0 Å². The molecule has 0 fully saturated rings. The second-order valence-electron chi connectivity index (χ2n) is 22.4. The number of quaternary nitrogens is 1. The van der Waals surface area contributed by atoms with Gasteiger partial charge in [0.25, 0.3) is 7.82 Å². The fourth-order valence-electron chi connectivity index (χ4n) is 9.37. The zero-order valence-electron chi connectivity index (χ0n) is 47.5. The Labute approximate surface area is 435 Å². The standard InChI is InChI=1S/C60H120NO8P/c1-6-8-10-12-14-16-18-20-21-22-23-24-25-26-27-28-29-30-31-32-33-34-35-36-37-38-39-41-43-45-47-49-51-53-60(63)69-58(57-68-70(64,65)67-55-54-61(3,4)5)56-66-59(62)52-50-48-46-44-42-40-19-17-15-13-11-9-7-2/h58H,6-57H2,1-5H3. The Morgan fingerprint density at radius 1 is 0.386 bits per heavy atom. The van der Waals surface area contributed by atoms with E-state index >= 15 is 0 Å². The summed E-state index contributed by atoms with van der Waals surface area (Å²) in [5.74, 6) is -0.811. The highest BCUT2D eigenvalue weighted by molar-refractivity contribution is 7.45. The molecule has 2 atom stereocenters. The monoisotopic (exact) mass is 1010 g/mol. The van der Waals surface area contributed by atoms with E-state index in [1.54, 1.807) is 0 Å². The minimum absolute atomic E-state index is 0.0252. The molecule has 0 heterocycles. The number of likely N-dealkylation sites (N-methyl/N-ethyl adjacent to an activating group) is 1. The summed E-state index contributed by atoms with van der Waals surface area (Å²) < 4.78 is 34.1. The average Bonchev–Trinajstić information content (AvgIpc) is 3.32. The summed E-state index contributed by atoms with van der Waals surface area (Å²) in [6.45, 7) is 4.30. The lowest BCUT2D eigenvalue weighted by Gasteiger charge is -2.28. The number of hydrogen-bond donors (Lipinski definition) is 0. The summed E-state index contributed by atoms with van der Waals surface area (Å²) >= 11 is 0. The molecule has 2 unspecified atom stereocenters. The number of phosphoric ester groups is 1. The molecule has 0 radical (unpaired) electrons. The third kappa shape index (κ3) is 56.3. The summed E-state index contributed by atoms with van der Waals surface area (Å²) in [7, 11) is 1.19. The van der Waals surface area contributed by atoms with E-state index in [1.165, 1.54) is 257 Å². The van der Waals surface area contributed by atoms with E-state index in [-0.39, 0.29) is 32.0 Å². The molecular formula is C60H120NO8P. The molecule has 0 aliphatic rings. The number of carbonyl (C=O) groups excluding carboxylic acids is 2. The van der Waals surface area contributed by atoms with Crippen molar-refractivity contribution in [3.05, 3.63) is 0 Å². The van der Waals surface area contributed by atoms with E-state index in [4.69, 9.17) is 18.5 Å². The fourth-order valence-corrected chi connectivity index (χ4v) is 10.1. The highest BCUT2D eigenvalue weighted by Crippen LogP contribution is 2.38. The van der Waals surface area contributed by atoms with Crippen molar-refractivity contribution in [2.24, 2.45) is 0 Å². The van der Waals surface area contributed by atoms with Crippen molar-refractivity contribution in [3.63, 3.8) is 0 Å². The Morgan fingerprint density at radius 2 is 0.643 bits per heavy atom. The summed E-state index contributed by atoms with van der Waals surface area (Å²) in [4.78, 5) is 37.8. The van der Waals surface area contributed by atoms with Gasteiger partial charge in [-0.1, -0.05) is 296 Å². The number of nitrogens with zero attached hydrogens (tertiary/aromatic N) is 1. The molecule has 0 N–H and O–H groups in total. The lowest BCUT2D eigenvalue weighted by Crippen LogP contribution is -2.37. The van der Waals surface area contributed by atoms with Crippen LogP contribution in [0.1, 0.15) is 322 Å². The Kier molecular flexibility index (Phi) is 52.1. The van der Waals surface area contributed by atoms with Gasteiger partial charge in [0.2, 0.25) is 0 Å². The van der Waals surface area contributed by atoms with Crippen LogP contribution in [0, 0.1) is 0 Å². The largest absolute Gasteiger partial charge is 0.756 e. The molecule has 0 aromatic rings. The van der Waals surface area contributed by atoms with Gasteiger partial charge in [0.05, 0.1) is 27.7 Å². The predicted octanol–water partition coefficient (Wildman–Crippen LogP) is 18.4. The van der Waals surface area contributed by atoms with Crippen LogP contribution in [0.2, 0.25) is 0 Å². The number of ether oxygens (including phenoxy) is 2. The number of hydrogen-bond acceptors (Lipinski definition) is 8. The number of carbonyl (C=O) groups is 2. The molecule has 418 valence electrons. The maximum atomic E-state index is 12.8. The number of phosphoric acid groups is 1. The summed E-state index contributed by atoms with van der Waals surface area (Å²) in [5, 5.41) is 0. The van der Waals surface area contributed by atoms with Crippen LogP contribution in [0.25, 0.3) is 0 Å². The smallest absolute Gasteiger partial charge is 0.306 e. The van der Waals surface area contributed by atoms with Crippen molar-refractivity contribution in [2.45, 2.75) is 328 Å². The second kappa shape index (κ2) is 52.9. The molecule has 0 aromatic carbocycles. The molecule has 0 aliphatic carbocycles. The third-order valence-corrected chi connectivity index (χ3v) is 15.1. The molecule has 0 bridgehead atoms. The fraction of sp³-hybridized carbons (Fsp3) is 0.967. The maximum Gasteiger partial charge on any atom is 0.306 e. The average molecular weight is 1010 g/mol. The van der Waals surface area contributed by atoms with E-state index < -0.39 is 26.5 Å². The van der Waals surface area contributed by atoms with Crippen LogP contribution >= 0.6 is 7.82 Å². The highest BCUT2D eigenvalue weighted by Gasteiger charge is 2.22. The first-order valence-corrected chi connectivity index (χ1v) is 32.2. The lowest BCUT2D eigenvalue weighted by molar-refractivity contribution is -0.870. The molecule has 0 saturated heterocycles. The Balaban J connectivity index is 3.92. The molecule has 9 nitrogen and oxygen atoms in total. The van der Waals surface area contributed by atoms with Crippen LogP contribution in [-0.4, -0.2) is 70.0 Å². The van der Waals surface area contributed by atoms with Crippen molar-refractivity contribution < 1.29 is 42.1 Å². The quantitative estimate of drug-likeness (QED) is 0.0256. The molecule has 10 heteroatoms. The van der Waals surface area contributed by atoms with Gasteiger partial charge in [0.1, 0.15) is 19.8 Å². The molecule has 0 saturated carbocycles. The molecule has 0 spiro atoms. The van der Waals surface area contributed by atoms with Gasteiger partial charge in [0.15, 0.2) is 6.10 Å². The topological polar surface area (TPSA) is 111 Å². The van der Waals surface area contributed by atoms with Crippen LogP contribution in [0.15, 0.2) is 0 Å². The highest BCUT2D eigenvalue weighted by atomic mass is 31.2. The van der Waals surface area contributed by atoms with Gasteiger partial charge in [-0.05, 0) is 12.8 Å². The Hall–Kier alpha value is -0.990. The van der Waals surface area contributed by atoms with E-state index in [0.717, 1.165) is 32.1 Å². The van der Waals surface area contributed by atoms with Crippen molar-refractivity contribution in [1.29, 1.82) is 0 Å². The normalized spacial score (nSPS) is 13.2. The van der Waals surface area contributed by atoms with Crippen LogP contribution < -0.4 is 4.89 Å². The van der Waals surface area contributed by atoms with Gasteiger partial charge in [-0.2, -0.15) is 0 Å². The Morgan fingerprint density at radius 3 is 0.914 bits per heavy atom. The van der Waals surface area contributed by atoms with Crippen LogP contribution in [0.3, 0.4) is 0 Å². The maximum absolute atomic E-state index is 12.8. The minimum atomic E-state index is -4.62. The van der Waals surface area contributed by atoms with Crippen molar-refractivity contribution >= 4 is 19.8 Å². The summed E-state index contributed by atoms with van der Waals surface area (Å²) in [5.41, 5.74) is 0. The zero-order valence-corrected chi connectivity index (χ0v) is 48.4. The van der Waals surface area contributed by atoms with Gasteiger partial charge in [0, 0.05) is 12.8 Å². The molecule has 70 heavy (non-hydrogen) atoms. The first kappa shape index (κ1) is 69.0. The van der Waals surface area contributed by atoms with E-state index in [1.807, 2.05) is 21.1 Å². The first-order chi connectivity index (χ1) is 34.0. The van der Waals surface area contributed by atoms with Crippen LogP contribution in [-0.2, 0) is 32.7 Å². The van der Waals surface area contributed by atoms with E-state index in [9.17, 15) is 19.0 Å². The number of unbranched alkanes of at least 4 members (excludes halogenated alkanes) is 44. The molecule has 0 aliphatic heterocycles. The summed E-state index contributed by atoms with van der Waals surface area (Å²) in [6.07, 6.45) is 60.4. The SMILES string of the molecule is CCCCCCCCCCCCCCCCCCCCCCCCCCCCCCCCCCCC(=O)OC(COC(=O)CCCCCCCCCCCCCCC)COP(=O)([O-])OCC[N+](C)(C)C. The number of esters is 2.